The minimum Gasteiger partial charge on any atom is -0.353 e. The summed E-state index contributed by atoms with van der Waals surface area (Å²) in [6.45, 7) is 1.57. The molecule has 6 heteroatoms. The van der Waals surface area contributed by atoms with E-state index in [0.29, 0.717) is 0 Å². The molecule has 0 saturated heterocycles. The lowest BCUT2D eigenvalue weighted by atomic mass is 9.95. The van der Waals surface area contributed by atoms with Gasteiger partial charge in [-0.3, -0.25) is 14.4 Å². The van der Waals surface area contributed by atoms with Crippen LogP contribution >= 0.6 is 0 Å². The molecule has 2 unspecified atom stereocenters. The van der Waals surface area contributed by atoms with Gasteiger partial charge in [0.1, 0.15) is 12.0 Å². The molecule has 1 aliphatic heterocycles. The number of nitrogens with zero attached hydrogens (tertiary/aromatic N) is 1. The maximum absolute atomic E-state index is 13.2. The molecule has 28 heavy (non-hydrogen) atoms. The van der Waals surface area contributed by atoms with Gasteiger partial charge in [-0.1, -0.05) is 42.5 Å². The van der Waals surface area contributed by atoms with E-state index < -0.39 is 17.9 Å². The molecule has 0 radical (unpaired) electrons. The smallest absolute Gasteiger partial charge is 0.253 e. The summed E-state index contributed by atoms with van der Waals surface area (Å²) in [4.78, 5) is 39.8. The molecular formula is C22H23N3O3. The molecule has 2 N–H and O–H groups in total. The fourth-order valence-corrected chi connectivity index (χ4v) is 3.51. The molecular weight excluding hydrogens is 354 g/mol. The SMILES string of the molecule is CC(C(=O)NC1CC1)C(=O)NC1C(=O)N(C)c2ccccc2-c2ccccc21. The fourth-order valence-electron chi connectivity index (χ4n) is 3.51. The number of para-hydroxylation sites is 1. The zero-order chi connectivity index (χ0) is 19.8. The highest BCUT2D eigenvalue weighted by molar-refractivity contribution is 6.07. The van der Waals surface area contributed by atoms with E-state index in [4.69, 9.17) is 0 Å². The molecule has 2 aliphatic rings. The zero-order valence-electron chi connectivity index (χ0n) is 15.9. The third kappa shape index (κ3) is 3.26. The molecule has 6 nitrogen and oxygen atoms in total. The number of anilines is 1. The molecule has 2 atom stereocenters. The summed E-state index contributed by atoms with van der Waals surface area (Å²) in [5, 5.41) is 5.66. The molecule has 3 amide bonds. The maximum Gasteiger partial charge on any atom is 0.253 e. The second-order valence-electron chi connectivity index (χ2n) is 7.45. The van der Waals surface area contributed by atoms with Crippen LogP contribution < -0.4 is 15.5 Å². The fraction of sp³-hybridized carbons (Fsp3) is 0.318. The molecule has 1 saturated carbocycles. The Balaban J connectivity index is 1.66. The molecule has 1 heterocycles. The Labute approximate surface area is 163 Å². The van der Waals surface area contributed by atoms with Crippen LogP contribution in [0.5, 0.6) is 0 Å². The van der Waals surface area contributed by atoms with E-state index >= 15 is 0 Å². The predicted octanol–water partition coefficient (Wildman–Crippen LogP) is 2.40. The Bertz CT molecular complexity index is 952. The van der Waals surface area contributed by atoms with Crippen molar-refractivity contribution in [3.8, 4) is 11.1 Å². The van der Waals surface area contributed by atoms with Crippen molar-refractivity contribution in [1.29, 1.82) is 0 Å². The van der Waals surface area contributed by atoms with Crippen LogP contribution in [0.25, 0.3) is 11.1 Å². The van der Waals surface area contributed by atoms with Gasteiger partial charge < -0.3 is 15.5 Å². The summed E-state index contributed by atoms with van der Waals surface area (Å²) in [7, 11) is 1.70. The second kappa shape index (κ2) is 7.11. The van der Waals surface area contributed by atoms with Crippen LogP contribution in [0.15, 0.2) is 48.5 Å². The molecule has 1 aliphatic carbocycles. The van der Waals surface area contributed by atoms with Crippen molar-refractivity contribution in [2.45, 2.75) is 31.8 Å². The van der Waals surface area contributed by atoms with Crippen LogP contribution in [-0.4, -0.2) is 30.8 Å². The van der Waals surface area contributed by atoms with Crippen molar-refractivity contribution in [3.05, 3.63) is 54.1 Å². The molecule has 0 spiro atoms. The van der Waals surface area contributed by atoms with Gasteiger partial charge in [-0.25, -0.2) is 0 Å². The van der Waals surface area contributed by atoms with E-state index in [1.807, 2.05) is 48.5 Å². The predicted molar refractivity (Wildman–Crippen MR) is 107 cm³/mol. The van der Waals surface area contributed by atoms with E-state index in [9.17, 15) is 14.4 Å². The second-order valence-corrected chi connectivity index (χ2v) is 7.45. The van der Waals surface area contributed by atoms with Crippen molar-refractivity contribution in [1.82, 2.24) is 10.6 Å². The van der Waals surface area contributed by atoms with Gasteiger partial charge in [-0.15, -0.1) is 0 Å². The number of carbonyl (C=O) groups excluding carboxylic acids is 3. The lowest BCUT2D eigenvalue weighted by molar-refractivity contribution is -0.136. The van der Waals surface area contributed by atoms with Crippen LogP contribution in [0.3, 0.4) is 0 Å². The quantitative estimate of drug-likeness (QED) is 0.803. The summed E-state index contributed by atoms with van der Waals surface area (Å²) in [6.07, 6.45) is 1.91. The van der Waals surface area contributed by atoms with Crippen LogP contribution in [0.4, 0.5) is 5.69 Å². The van der Waals surface area contributed by atoms with Crippen LogP contribution in [0, 0.1) is 5.92 Å². The lowest BCUT2D eigenvalue weighted by Gasteiger charge is -2.24. The highest BCUT2D eigenvalue weighted by Crippen LogP contribution is 2.39. The van der Waals surface area contributed by atoms with Gasteiger partial charge in [-0.05, 0) is 37.0 Å². The van der Waals surface area contributed by atoms with Crippen molar-refractivity contribution in [2.75, 3.05) is 11.9 Å². The van der Waals surface area contributed by atoms with E-state index in [0.717, 1.165) is 35.2 Å². The summed E-state index contributed by atoms with van der Waals surface area (Å²) in [5.74, 6) is -1.85. The average molecular weight is 377 g/mol. The average Bonchev–Trinajstić information content (AvgIpc) is 3.54. The molecule has 0 aromatic heterocycles. The van der Waals surface area contributed by atoms with Crippen molar-refractivity contribution in [2.24, 2.45) is 5.92 Å². The number of benzene rings is 2. The minimum absolute atomic E-state index is 0.184. The molecule has 4 rings (SSSR count). The van der Waals surface area contributed by atoms with E-state index in [2.05, 4.69) is 10.6 Å². The van der Waals surface area contributed by atoms with Gasteiger partial charge in [0.25, 0.3) is 5.91 Å². The van der Waals surface area contributed by atoms with E-state index in [1.54, 1.807) is 18.9 Å². The highest BCUT2D eigenvalue weighted by atomic mass is 16.2. The summed E-state index contributed by atoms with van der Waals surface area (Å²) in [5.41, 5.74) is 3.35. The van der Waals surface area contributed by atoms with Crippen LogP contribution in [0.1, 0.15) is 31.4 Å². The number of amides is 3. The van der Waals surface area contributed by atoms with Crippen molar-refractivity contribution < 1.29 is 14.4 Å². The number of nitrogens with one attached hydrogen (secondary N) is 2. The van der Waals surface area contributed by atoms with Crippen molar-refractivity contribution >= 4 is 23.4 Å². The topological polar surface area (TPSA) is 78.5 Å². The first kappa shape index (κ1) is 18.2. The summed E-state index contributed by atoms with van der Waals surface area (Å²) >= 11 is 0. The van der Waals surface area contributed by atoms with Gasteiger partial charge in [0.15, 0.2) is 0 Å². The first-order chi connectivity index (χ1) is 13.5. The lowest BCUT2D eigenvalue weighted by Crippen LogP contribution is -2.46. The first-order valence-electron chi connectivity index (χ1n) is 9.54. The number of hydrogen-bond acceptors (Lipinski definition) is 3. The van der Waals surface area contributed by atoms with E-state index in [-0.39, 0.29) is 17.9 Å². The van der Waals surface area contributed by atoms with Crippen molar-refractivity contribution in [3.63, 3.8) is 0 Å². The van der Waals surface area contributed by atoms with Gasteiger partial charge in [0.2, 0.25) is 11.8 Å². The Morgan fingerprint density at radius 1 is 0.964 bits per heavy atom. The summed E-state index contributed by atoms with van der Waals surface area (Å²) < 4.78 is 0. The largest absolute Gasteiger partial charge is 0.353 e. The standard InChI is InChI=1S/C22H23N3O3/c1-13(20(26)23-14-11-12-14)21(27)24-19-17-9-4-3-7-15(17)16-8-5-6-10-18(16)25(2)22(19)28/h3-10,13-14,19H,11-12H2,1-2H3,(H,23,26)(H,24,27). The third-order valence-electron chi connectivity index (χ3n) is 5.40. The van der Waals surface area contributed by atoms with Gasteiger partial charge in [-0.2, -0.15) is 0 Å². The Hall–Kier alpha value is -3.15. The number of hydrogen-bond donors (Lipinski definition) is 2. The molecule has 1 fully saturated rings. The Morgan fingerprint density at radius 2 is 1.57 bits per heavy atom. The number of fused-ring (bicyclic) bond motifs is 3. The Kier molecular flexibility index (Phi) is 4.63. The number of carbonyl (C=O) groups is 3. The molecule has 0 bridgehead atoms. The normalized spacial score (nSPS) is 19.1. The maximum atomic E-state index is 13.2. The minimum atomic E-state index is -0.864. The molecule has 2 aromatic carbocycles. The van der Waals surface area contributed by atoms with Gasteiger partial charge in [0, 0.05) is 18.7 Å². The van der Waals surface area contributed by atoms with E-state index in [1.165, 1.54) is 0 Å². The van der Waals surface area contributed by atoms with Gasteiger partial charge in [0.05, 0.1) is 5.69 Å². The Morgan fingerprint density at radius 3 is 2.29 bits per heavy atom. The van der Waals surface area contributed by atoms with Gasteiger partial charge >= 0.3 is 0 Å². The van der Waals surface area contributed by atoms with Crippen LogP contribution in [-0.2, 0) is 14.4 Å². The third-order valence-corrected chi connectivity index (χ3v) is 5.40. The highest BCUT2D eigenvalue weighted by Gasteiger charge is 2.35. The van der Waals surface area contributed by atoms with Crippen LogP contribution in [0.2, 0.25) is 0 Å². The zero-order valence-corrected chi connectivity index (χ0v) is 15.9. The first-order valence-corrected chi connectivity index (χ1v) is 9.54. The molecule has 144 valence electrons. The number of likely N-dealkylation sites (N-methyl/N-ethyl adjacent to an activating group) is 1. The summed E-state index contributed by atoms with van der Waals surface area (Å²) in [6, 6.07) is 14.6. The monoisotopic (exact) mass is 377 g/mol. The number of rotatable bonds is 4. The molecule has 2 aromatic rings.